The molecule has 1 aliphatic carbocycles. The van der Waals surface area contributed by atoms with E-state index in [0.717, 1.165) is 25.7 Å². The highest BCUT2D eigenvalue weighted by Gasteiger charge is 2.33. The monoisotopic (exact) mass is 349 g/mol. The lowest BCUT2D eigenvalue weighted by Gasteiger charge is -2.27. The van der Waals surface area contributed by atoms with Gasteiger partial charge in [-0.1, -0.05) is 19.8 Å². The summed E-state index contributed by atoms with van der Waals surface area (Å²) in [6, 6.07) is 3.77. The Hall–Kier alpha value is -0.460. The summed E-state index contributed by atoms with van der Waals surface area (Å²) in [6.45, 7) is 2.28. The summed E-state index contributed by atoms with van der Waals surface area (Å²) in [5, 5.41) is 0. The summed E-state index contributed by atoms with van der Waals surface area (Å²) in [7, 11) is -3.56. The van der Waals surface area contributed by atoms with Crippen molar-refractivity contribution in [2.24, 2.45) is 0 Å². The van der Waals surface area contributed by atoms with E-state index >= 15 is 0 Å². The number of nitrogens with zero attached hydrogens (tertiary/aromatic N) is 1. The Bertz CT molecular complexity index is 556. The lowest BCUT2D eigenvalue weighted by atomic mass is 10.2. The number of halogens is 2. The molecule has 0 aliphatic heterocycles. The molecule has 1 aliphatic rings. The molecule has 0 atom stereocenters. The van der Waals surface area contributed by atoms with E-state index in [9.17, 15) is 12.8 Å². The number of benzene rings is 1. The van der Waals surface area contributed by atoms with Gasteiger partial charge in [-0.3, -0.25) is 0 Å². The third-order valence-electron chi connectivity index (χ3n) is 3.52. The fraction of sp³-hybridized carbons (Fsp3) is 0.538. The molecule has 1 fully saturated rings. The lowest BCUT2D eigenvalue weighted by molar-refractivity contribution is 0.335. The highest BCUT2D eigenvalue weighted by atomic mass is 79.9. The fourth-order valence-corrected chi connectivity index (χ4v) is 5.33. The van der Waals surface area contributed by atoms with Crippen LogP contribution in [0.3, 0.4) is 0 Å². The second-order valence-electron chi connectivity index (χ2n) is 4.72. The molecule has 0 radical (unpaired) electrons. The maximum absolute atomic E-state index is 13.1. The first-order chi connectivity index (χ1) is 8.96. The van der Waals surface area contributed by atoms with E-state index in [0.29, 0.717) is 6.54 Å². The average Bonchev–Trinajstić information content (AvgIpc) is 2.82. The number of hydrogen-bond donors (Lipinski definition) is 0. The van der Waals surface area contributed by atoms with Gasteiger partial charge in [0.1, 0.15) is 5.82 Å². The average molecular weight is 350 g/mol. The molecular weight excluding hydrogens is 333 g/mol. The maximum Gasteiger partial charge on any atom is 0.244 e. The van der Waals surface area contributed by atoms with Gasteiger partial charge in [-0.2, -0.15) is 4.31 Å². The summed E-state index contributed by atoms with van der Waals surface area (Å²) >= 11 is 3.14. The molecule has 1 saturated carbocycles. The van der Waals surface area contributed by atoms with Gasteiger partial charge in [0.15, 0.2) is 0 Å². The van der Waals surface area contributed by atoms with Crippen molar-refractivity contribution >= 4 is 26.0 Å². The molecule has 0 N–H and O–H groups in total. The third-order valence-corrected chi connectivity index (χ3v) is 6.53. The molecule has 0 unspecified atom stereocenters. The Morgan fingerprint density at radius 3 is 2.53 bits per heavy atom. The molecular formula is C13H17BrFNO2S. The van der Waals surface area contributed by atoms with Gasteiger partial charge in [0, 0.05) is 17.1 Å². The molecule has 0 heterocycles. The van der Waals surface area contributed by atoms with Crippen molar-refractivity contribution in [1.82, 2.24) is 4.31 Å². The van der Waals surface area contributed by atoms with Gasteiger partial charge in [0.2, 0.25) is 10.0 Å². The Morgan fingerprint density at radius 1 is 1.37 bits per heavy atom. The van der Waals surface area contributed by atoms with Crippen molar-refractivity contribution in [1.29, 1.82) is 0 Å². The Morgan fingerprint density at radius 2 is 2.00 bits per heavy atom. The van der Waals surface area contributed by atoms with E-state index in [1.165, 1.54) is 22.5 Å². The SMILES string of the molecule is CCN(C1CCCC1)S(=O)(=O)c1ccc(F)cc1Br. The molecule has 6 heteroatoms. The predicted molar refractivity (Wildman–Crippen MR) is 75.9 cm³/mol. The minimum Gasteiger partial charge on any atom is -0.207 e. The molecule has 19 heavy (non-hydrogen) atoms. The second-order valence-corrected chi connectivity index (χ2v) is 7.43. The van der Waals surface area contributed by atoms with Crippen LogP contribution in [0.25, 0.3) is 0 Å². The summed E-state index contributed by atoms with van der Waals surface area (Å²) in [5.41, 5.74) is 0. The summed E-state index contributed by atoms with van der Waals surface area (Å²) in [5.74, 6) is -0.449. The van der Waals surface area contributed by atoms with Gasteiger partial charge < -0.3 is 0 Å². The highest BCUT2D eigenvalue weighted by Crippen LogP contribution is 2.31. The standard InChI is InChI=1S/C13H17BrFNO2S/c1-2-16(11-5-3-4-6-11)19(17,18)13-8-7-10(15)9-12(13)14/h7-9,11H,2-6H2,1H3. The van der Waals surface area contributed by atoms with Gasteiger partial charge in [0.25, 0.3) is 0 Å². The fourth-order valence-electron chi connectivity index (χ4n) is 2.63. The van der Waals surface area contributed by atoms with Crippen LogP contribution >= 0.6 is 15.9 Å². The summed E-state index contributed by atoms with van der Waals surface area (Å²) in [4.78, 5) is 0.141. The molecule has 0 spiro atoms. The molecule has 0 aromatic heterocycles. The van der Waals surface area contributed by atoms with Crippen LogP contribution in [0.5, 0.6) is 0 Å². The zero-order valence-corrected chi connectivity index (χ0v) is 13.2. The zero-order valence-electron chi connectivity index (χ0n) is 10.8. The number of sulfonamides is 1. The number of hydrogen-bond acceptors (Lipinski definition) is 2. The Kier molecular flexibility index (Phi) is 4.63. The van der Waals surface area contributed by atoms with E-state index in [1.807, 2.05) is 6.92 Å². The summed E-state index contributed by atoms with van der Waals surface area (Å²) < 4.78 is 40.2. The van der Waals surface area contributed by atoms with Crippen molar-refractivity contribution in [2.75, 3.05) is 6.54 Å². The summed E-state index contributed by atoms with van der Waals surface area (Å²) in [6.07, 6.45) is 3.96. The van der Waals surface area contributed by atoms with Gasteiger partial charge >= 0.3 is 0 Å². The quantitative estimate of drug-likeness (QED) is 0.833. The largest absolute Gasteiger partial charge is 0.244 e. The zero-order chi connectivity index (χ0) is 14.0. The van der Waals surface area contributed by atoms with Crippen LogP contribution in [-0.2, 0) is 10.0 Å². The molecule has 1 aromatic carbocycles. The first kappa shape index (κ1) is 14.9. The van der Waals surface area contributed by atoms with Gasteiger partial charge in [-0.25, -0.2) is 12.8 Å². The van der Waals surface area contributed by atoms with Crippen LogP contribution in [0, 0.1) is 5.82 Å². The van der Waals surface area contributed by atoms with Crippen molar-refractivity contribution in [2.45, 2.75) is 43.5 Å². The minimum absolute atomic E-state index is 0.0759. The van der Waals surface area contributed by atoms with Crippen LogP contribution in [0.4, 0.5) is 4.39 Å². The van der Waals surface area contributed by atoms with E-state index in [-0.39, 0.29) is 15.4 Å². The molecule has 2 rings (SSSR count). The van der Waals surface area contributed by atoms with Crippen molar-refractivity contribution in [3.63, 3.8) is 0 Å². The van der Waals surface area contributed by atoms with Gasteiger partial charge in [-0.15, -0.1) is 0 Å². The van der Waals surface area contributed by atoms with E-state index < -0.39 is 15.8 Å². The molecule has 0 bridgehead atoms. The van der Waals surface area contributed by atoms with E-state index in [1.54, 1.807) is 0 Å². The molecule has 1 aromatic rings. The lowest BCUT2D eigenvalue weighted by Crippen LogP contribution is -2.38. The Labute approximate surface area is 122 Å². The minimum atomic E-state index is -3.56. The first-order valence-electron chi connectivity index (χ1n) is 6.43. The normalized spacial score (nSPS) is 17.3. The van der Waals surface area contributed by atoms with Crippen molar-refractivity contribution < 1.29 is 12.8 Å². The molecule has 3 nitrogen and oxygen atoms in total. The van der Waals surface area contributed by atoms with Gasteiger partial charge in [-0.05, 0) is 47.0 Å². The van der Waals surface area contributed by atoms with E-state index in [2.05, 4.69) is 15.9 Å². The Balaban J connectivity index is 2.39. The second kappa shape index (κ2) is 5.89. The smallest absolute Gasteiger partial charge is 0.207 e. The topological polar surface area (TPSA) is 37.4 Å². The maximum atomic E-state index is 13.1. The molecule has 0 amide bonds. The highest BCUT2D eigenvalue weighted by molar-refractivity contribution is 9.10. The van der Waals surface area contributed by atoms with Crippen LogP contribution in [0.15, 0.2) is 27.6 Å². The van der Waals surface area contributed by atoms with Crippen LogP contribution < -0.4 is 0 Å². The van der Waals surface area contributed by atoms with Crippen LogP contribution in [0.2, 0.25) is 0 Å². The van der Waals surface area contributed by atoms with Crippen LogP contribution in [0.1, 0.15) is 32.6 Å². The third kappa shape index (κ3) is 3.01. The van der Waals surface area contributed by atoms with E-state index in [4.69, 9.17) is 0 Å². The van der Waals surface area contributed by atoms with Crippen LogP contribution in [-0.4, -0.2) is 25.3 Å². The molecule has 106 valence electrons. The number of rotatable bonds is 4. The van der Waals surface area contributed by atoms with Crippen molar-refractivity contribution in [3.8, 4) is 0 Å². The van der Waals surface area contributed by atoms with Crippen molar-refractivity contribution in [3.05, 3.63) is 28.5 Å². The first-order valence-corrected chi connectivity index (χ1v) is 8.67. The van der Waals surface area contributed by atoms with Gasteiger partial charge in [0.05, 0.1) is 4.90 Å². The predicted octanol–water partition coefficient (Wildman–Crippen LogP) is 3.54. The molecule has 0 saturated heterocycles.